The normalized spacial score (nSPS) is 31.8. The van der Waals surface area contributed by atoms with E-state index in [1.165, 1.54) is 12.0 Å². The molecule has 1 aliphatic heterocycles. The van der Waals surface area contributed by atoms with Crippen molar-refractivity contribution in [1.29, 1.82) is 0 Å². The molecule has 10 atom stereocenters. The van der Waals surface area contributed by atoms with Crippen LogP contribution in [-0.4, -0.2) is 91.5 Å². The van der Waals surface area contributed by atoms with Gasteiger partial charge in [-0.25, -0.2) is 10.2 Å². The average Bonchev–Trinajstić information content (AvgIpc) is 3.99. The summed E-state index contributed by atoms with van der Waals surface area (Å²) in [6.07, 6.45) is 10.3. The fourth-order valence-corrected chi connectivity index (χ4v) is 9.88. The molecule has 1 amide bonds. The number of aromatic nitrogens is 2. The van der Waals surface area contributed by atoms with Crippen molar-refractivity contribution in [2.45, 2.75) is 153 Å². The zero-order valence-electron chi connectivity index (χ0n) is 36.4. The van der Waals surface area contributed by atoms with E-state index in [1.807, 2.05) is 6.08 Å². The molecule has 0 bridgehead atoms. The third-order valence-corrected chi connectivity index (χ3v) is 13.7. The Bertz CT molecular complexity index is 2050. The molecule has 15 nitrogen and oxygen atoms in total. The number of aliphatic hydroxyl groups excluding tert-OH is 3. The molecule has 63 heavy (non-hydrogen) atoms. The number of fused-ring (bicyclic) bond motifs is 1. The SMILES string of the molecule is C=C1/C(=C\C=C2/CCC[C@@]3(C)C2CCC3[C@@H](C)/C=C/C(O)C2CC2)C[C@H](OC(=O)CCC/C(C)=N/NC(=O)CCC(=O)OCC2OC(n3ccc(N)nc3=O)C(F)(F)C2O)C[C@@H]1O. The number of halogens is 2. The lowest BCUT2D eigenvalue weighted by atomic mass is 9.61. The molecule has 4 aliphatic carbocycles. The molecule has 1 saturated heterocycles. The second-order valence-electron chi connectivity index (χ2n) is 18.3. The van der Waals surface area contributed by atoms with E-state index in [1.54, 1.807) is 6.92 Å². The van der Waals surface area contributed by atoms with E-state index in [4.69, 9.17) is 19.9 Å². The molecule has 6 N–H and O–H groups in total. The number of aliphatic hydroxyl groups is 3. The van der Waals surface area contributed by atoms with Crippen LogP contribution in [0.15, 0.2) is 69.8 Å². The van der Waals surface area contributed by atoms with Crippen LogP contribution in [-0.2, 0) is 28.6 Å². The molecule has 4 saturated carbocycles. The molecule has 1 aromatic rings. The molecule has 5 aliphatic rings. The van der Waals surface area contributed by atoms with Crippen molar-refractivity contribution in [3.63, 3.8) is 0 Å². The number of hydrogen-bond donors (Lipinski definition) is 5. The van der Waals surface area contributed by atoms with Gasteiger partial charge < -0.3 is 35.3 Å². The summed E-state index contributed by atoms with van der Waals surface area (Å²) in [6, 6.07) is 1.11. The van der Waals surface area contributed by atoms with Crippen LogP contribution >= 0.6 is 0 Å². The third-order valence-electron chi connectivity index (χ3n) is 13.7. The lowest BCUT2D eigenvalue weighted by molar-refractivity contribution is -0.152. The van der Waals surface area contributed by atoms with Crippen molar-refractivity contribution in [3.8, 4) is 0 Å². The molecular formula is C46H63F2N5O10. The molecule has 346 valence electrons. The van der Waals surface area contributed by atoms with Gasteiger partial charge in [0.2, 0.25) is 12.1 Å². The molecule has 17 heteroatoms. The Morgan fingerprint density at radius 1 is 1.13 bits per heavy atom. The van der Waals surface area contributed by atoms with Gasteiger partial charge in [0.05, 0.1) is 18.6 Å². The van der Waals surface area contributed by atoms with Crippen LogP contribution in [0.1, 0.15) is 117 Å². The maximum Gasteiger partial charge on any atom is 0.351 e. The van der Waals surface area contributed by atoms with Crippen LogP contribution in [0.3, 0.4) is 0 Å². The van der Waals surface area contributed by atoms with E-state index in [0.29, 0.717) is 58.8 Å². The minimum absolute atomic E-state index is 0.0948. The smallest absolute Gasteiger partial charge is 0.351 e. The Balaban J connectivity index is 0.896. The van der Waals surface area contributed by atoms with Gasteiger partial charge in [-0.05, 0) is 111 Å². The predicted molar refractivity (Wildman–Crippen MR) is 229 cm³/mol. The van der Waals surface area contributed by atoms with Crippen LogP contribution in [0.4, 0.5) is 14.6 Å². The largest absolute Gasteiger partial charge is 0.463 e. The summed E-state index contributed by atoms with van der Waals surface area (Å²) in [5.74, 6) is -4.20. The summed E-state index contributed by atoms with van der Waals surface area (Å²) in [6.45, 7) is 9.79. The van der Waals surface area contributed by atoms with Crippen LogP contribution in [0, 0.1) is 29.1 Å². The zero-order chi connectivity index (χ0) is 45.6. The minimum Gasteiger partial charge on any atom is -0.463 e. The van der Waals surface area contributed by atoms with E-state index < -0.39 is 73.1 Å². The third kappa shape index (κ3) is 11.8. The van der Waals surface area contributed by atoms with Gasteiger partial charge in [-0.15, -0.1) is 0 Å². The number of rotatable bonds is 17. The highest BCUT2D eigenvalue weighted by Crippen LogP contribution is 2.59. The fourth-order valence-electron chi connectivity index (χ4n) is 9.88. The zero-order valence-corrected chi connectivity index (χ0v) is 36.4. The van der Waals surface area contributed by atoms with Gasteiger partial charge in [0.25, 0.3) is 0 Å². The number of nitrogens with one attached hydrogen (secondary N) is 1. The fraction of sp³-hybridized carbons (Fsp3) is 0.652. The highest BCUT2D eigenvalue weighted by atomic mass is 19.3. The number of carbonyl (C=O) groups excluding carboxylic acids is 3. The number of amides is 1. The summed E-state index contributed by atoms with van der Waals surface area (Å²) in [4.78, 5) is 52.9. The minimum atomic E-state index is -3.92. The van der Waals surface area contributed by atoms with Crippen LogP contribution in [0.25, 0.3) is 0 Å². The summed E-state index contributed by atoms with van der Waals surface area (Å²) in [5, 5.41) is 35.4. The number of nitrogen functional groups attached to an aromatic ring is 1. The van der Waals surface area contributed by atoms with E-state index in [-0.39, 0.29) is 36.6 Å². The van der Waals surface area contributed by atoms with E-state index in [9.17, 15) is 43.3 Å². The summed E-state index contributed by atoms with van der Waals surface area (Å²) in [5.41, 5.74) is 10.3. The lowest BCUT2D eigenvalue weighted by Crippen LogP contribution is -2.42. The number of alkyl halides is 2. The van der Waals surface area contributed by atoms with E-state index >= 15 is 0 Å². The van der Waals surface area contributed by atoms with Crippen molar-refractivity contribution < 1.29 is 52.7 Å². The Kier molecular flexibility index (Phi) is 15.6. The number of anilines is 1. The maximum atomic E-state index is 14.7. The first kappa shape index (κ1) is 47.9. The van der Waals surface area contributed by atoms with E-state index in [2.05, 4.69) is 54.2 Å². The monoisotopic (exact) mass is 883 g/mol. The molecule has 0 aromatic carbocycles. The molecule has 0 spiro atoms. The number of hydrogen-bond acceptors (Lipinski definition) is 13. The van der Waals surface area contributed by atoms with Crippen LogP contribution in [0.5, 0.6) is 0 Å². The quantitative estimate of drug-likeness (QED) is 0.0577. The van der Waals surface area contributed by atoms with Gasteiger partial charge in [0, 0.05) is 37.6 Å². The number of esters is 2. The Morgan fingerprint density at radius 3 is 2.62 bits per heavy atom. The highest BCUT2D eigenvalue weighted by Gasteiger charge is 2.60. The van der Waals surface area contributed by atoms with Crippen molar-refractivity contribution in [1.82, 2.24) is 15.0 Å². The molecule has 6 rings (SSSR count). The first-order chi connectivity index (χ1) is 29.9. The lowest BCUT2D eigenvalue weighted by Gasteiger charge is -2.44. The second kappa shape index (κ2) is 20.5. The highest BCUT2D eigenvalue weighted by molar-refractivity contribution is 5.85. The summed E-state index contributed by atoms with van der Waals surface area (Å²) < 4.78 is 45.8. The van der Waals surface area contributed by atoms with Gasteiger partial charge in [-0.2, -0.15) is 18.9 Å². The maximum absolute atomic E-state index is 14.7. The van der Waals surface area contributed by atoms with Crippen molar-refractivity contribution in [3.05, 3.63) is 70.3 Å². The molecule has 0 radical (unpaired) electrons. The Hall–Kier alpha value is -4.58. The Morgan fingerprint density at radius 2 is 1.89 bits per heavy atom. The number of nitrogens with two attached hydrogens (primary N) is 1. The number of ether oxygens (including phenoxy) is 3. The number of hydrazone groups is 1. The molecule has 6 unspecified atom stereocenters. The summed E-state index contributed by atoms with van der Waals surface area (Å²) in [7, 11) is 0. The van der Waals surface area contributed by atoms with Gasteiger partial charge >= 0.3 is 23.6 Å². The van der Waals surface area contributed by atoms with Gasteiger partial charge in [0.15, 0.2) is 6.10 Å². The average molecular weight is 884 g/mol. The first-order valence-corrected chi connectivity index (χ1v) is 22.2. The summed E-state index contributed by atoms with van der Waals surface area (Å²) >= 11 is 0. The van der Waals surface area contributed by atoms with Gasteiger partial charge in [-0.3, -0.25) is 19.0 Å². The van der Waals surface area contributed by atoms with Gasteiger partial charge in [-0.1, -0.05) is 50.3 Å². The number of allylic oxidation sites excluding steroid dienone is 4. The number of nitrogens with zero attached hydrogens (tertiary/aromatic N) is 3. The van der Waals surface area contributed by atoms with Crippen LogP contribution < -0.4 is 16.8 Å². The second-order valence-corrected chi connectivity index (χ2v) is 18.3. The first-order valence-electron chi connectivity index (χ1n) is 22.2. The molecule has 5 fully saturated rings. The van der Waals surface area contributed by atoms with Crippen LogP contribution in [0.2, 0.25) is 0 Å². The van der Waals surface area contributed by atoms with Crippen molar-refractivity contribution >= 4 is 29.4 Å². The molecule has 1 aromatic heterocycles. The molecular weight excluding hydrogens is 821 g/mol. The van der Waals surface area contributed by atoms with Crippen molar-refractivity contribution in [2.75, 3.05) is 12.3 Å². The van der Waals surface area contributed by atoms with Crippen molar-refractivity contribution in [2.24, 2.45) is 34.2 Å². The van der Waals surface area contributed by atoms with E-state index in [0.717, 1.165) is 56.4 Å². The van der Waals surface area contributed by atoms with Gasteiger partial charge in [0.1, 0.15) is 24.6 Å². The standard InChI is InChI=1S/C46H63F2N5O10/c1-26(10-17-35(54)30-12-13-30)33-15-16-34-29(8-6-21-45(33,34)4)11-14-31-23-32(24-36(55)28(31)3)62-41(58)9-5-7-27(2)51-52-39(56)18-19-40(57)61-25-37-42(59)46(47,48)43(63-37)53-22-20-38(49)50-44(53)60/h10-11,14,17,20,22,26,30,32-37,42-43,54-55,59H,3,5-9,12-13,15-16,18-19,21,23-25H2,1-2,4H3,(H,52,56)(H2,49,50,60)/b17-10+,29-11+,31-14-,51-27+/t26-,32-,33?,34?,35?,36-,37?,42?,43?,45+/m0/s1. The number of carbonyl (C=O) groups is 3. The Labute approximate surface area is 366 Å². The topological polar surface area (TPSA) is 225 Å². The molecule has 2 heterocycles. The predicted octanol–water partition coefficient (Wildman–Crippen LogP) is 5.36.